The van der Waals surface area contributed by atoms with Crippen LogP contribution in [0.1, 0.15) is 24.5 Å². The summed E-state index contributed by atoms with van der Waals surface area (Å²) >= 11 is 0. The van der Waals surface area contributed by atoms with E-state index in [4.69, 9.17) is 4.74 Å². The van der Waals surface area contributed by atoms with Crippen molar-refractivity contribution >= 4 is 5.91 Å². The highest BCUT2D eigenvalue weighted by Gasteiger charge is 2.30. The second kappa shape index (κ2) is 5.83. The first kappa shape index (κ1) is 13.4. The fraction of sp³-hybridized carbons (Fsp3) is 0.562. The summed E-state index contributed by atoms with van der Waals surface area (Å²) in [5.41, 5.74) is 2.59. The molecule has 20 heavy (non-hydrogen) atoms. The lowest BCUT2D eigenvalue weighted by Gasteiger charge is -2.35. The molecule has 1 N–H and O–H groups in total. The number of fused-ring (bicyclic) bond motifs is 1. The highest BCUT2D eigenvalue weighted by molar-refractivity contribution is 5.80. The van der Waals surface area contributed by atoms with Crippen LogP contribution in [0.4, 0.5) is 0 Å². The average molecular weight is 274 g/mol. The van der Waals surface area contributed by atoms with E-state index in [1.54, 1.807) is 0 Å². The maximum atomic E-state index is 12.3. The molecule has 0 bridgehead atoms. The molecule has 0 aliphatic carbocycles. The first-order chi connectivity index (χ1) is 9.78. The summed E-state index contributed by atoms with van der Waals surface area (Å²) in [6.07, 6.45) is 1.96. The molecule has 2 aliphatic rings. The molecule has 0 saturated carbocycles. The van der Waals surface area contributed by atoms with Gasteiger partial charge in [0.05, 0.1) is 12.5 Å². The van der Waals surface area contributed by atoms with Gasteiger partial charge in [-0.15, -0.1) is 0 Å². The van der Waals surface area contributed by atoms with E-state index in [9.17, 15) is 4.79 Å². The first-order valence-electron chi connectivity index (χ1n) is 7.52. The van der Waals surface area contributed by atoms with Gasteiger partial charge in [-0.05, 0) is 36.1 Å². The number of nitrogens with one attached hydrogen (secondary N) is 1. The standard InChI is InChI=1S/C16H22N2O2/c1-2-7-20-15-4-3-13-11-18(6-5-12(13)8-15)16(19)14-9-17-10-14/h3-4,8,14,17H,2,5-7,9-11H2,1H3. The van der Waals surface area contributed by atoms with Gasteiger partial charge in [0.15, 0.2) is 0 Å². The van der Waals surface area contributed by atoms with Crippen molar-refractivity contribution in [3.63, 3.8) is 0 Å². The third-order valence-electron chi connectivity index (χ3n) is 4.11. The fourth-order valence-electron chi connectivity index (χ4n) is 2.75. The topological polar surface area (TPSA) is 41.6 Å². The molecule has 1 amide bonds. The largest absolute Gasteiger partial charge is 0.494 e. The number of carbonyl (C=O) groups is 1. The first-order valence-corrected chi connectivity index (χ1v) is 7.52. The van der Waals surface area contributed by atoms with Gasteiger partial charge in [-0.3, -0.25) is 4.79 Å². The molecule has 1 aromatic rings. The van der Waals surface area contributed by atoms with Gasteiger partial charge in [0, 0.05) is 26.2 Å². The number of rotatable bonds is 4. The van der Waals surface area contributed by atoms with Crippen molar-refractivity contribution in [1.82, 2.24) is 10.2 Å². The van der Waals surface area contributed by atoms with Crippen LogP contribution in [0.3, 0.4) is 0 Å². The van der Waals surface area contributed by atoms with Crippen molar-refractivity contribution < 1.29 is 9.53 Å². The molecule has 2 heterocycles. The minimum atomic E-state index is 0.198. The van der Waals surface area contributed by atoms with E-state index in [-0.39, 0.29) is 5.92 Å². The molecule has 0 atom stereocenters. The second-order valence-corrected chi connectivity index (χ2v) is 5.64. The molecule has 0 unspecified atom stereocenters. The lowest BCUT2D eigenvalue weighted by atomic mass is 9.96. The third kappa shape index (κ3) is 2.66. The van der Waals surface area contributed by atoms with E-state index >= 15 is 0 Å². The zero-order valence-electron chi connectivity index (χ0n) is 12.0. The lowest BCUT2D eigenvalue weighted by Crippen LogP contribution is -2.52. The van der Waals surface area contributed by atoms with E-state index in [0.717, 1.165) is 51.4 Å². The van der Waals surface area contributed by atoms with Gasteiger partial charge in [-0.1, -0.05) is 13.0 Å². The molecule has 3 rings (SSSR count). The van der Waals surface area contributed by atoms with Crippen molar-refractivity contribution in [2.45, 2.75) is 26.3 Å². The second-order valence-electron chi connectivity index (χ2n) is 5.64. The number of hydrogen-bond donors (Lipinski definition) is 1. The van der Waals surface area contributed by atoms with Crippen molar-refractivity contribution in [3.8, 4) is 5.75 Å². The van der Waals surface area contributed by atoms with Crippen molar-refractivity contribution in [3.05, 3.63) is 29.3 Å². The molecule has 0 spiro atoms. The molecule has 0 radical (unpaired) electrons. The van der Waals surface area contributed by atoms with E-state index < -0.39 is 0 Å². The predicted molar refractivity (Wildman–Crippen MR) is 77.7 cm³/mol. The summed E-state index contributed by atoms with van der Waals surface area (Å²) in [6.45, 7) is 6.13. The van der Waals surface area contributed by atoms with Crippen LogP contribution >= 0.6 is 0 Å². The monoisotopic (exact) mass is 274 g/mol. The van der Waals surface area contributed by atoms with Crippen LogP contribution in [0.15, 0.2) is 18.2 Å². The van der Waals surface area contributed by atoms with Crippen LogP contribution in [-0.4, -0.2) is 37.0 Å². The Morgan fingerprint density at radius 2 is 2.25 bits per heavy atom. The van der Waals surface area contributed by atoms with E-state index in [1.165, 1.54) is 11.1 Å². The SMILES string of the molecule is CCCOc1ccc2c(c1)CCN(C(=O)C1CNC1)C2. The zero-order valence-corrected chi connectivity index (χ0v) is 12.0. The summed E-state index contributed by atoms with van der Waals surface area (Å²) in [5, 5.41) is 3.16. The van der Waals surface area contributed by atoms with Crippen LogP contribution in [0.5, 0.6) is 5.75 Å². The number of hydrogen-bond acceptors (Lipinski definition) is 3. The Balaban J connectivity index is 1.67. The van der Waals surface area contributed by atoms with Crippen LogP contribution in [0, 0.1) is 5.92 Å². The predicted octanol–water partition coefficient (Wildman–Crippen LogP) is 1.58. The normalized spacial score (nSPS) is 18.4. The highest BCUT2D eigenvalue weighted by Crippen LogP contribution is 2.25. The number of benzene rings is 1. The molecule has 1 saturated heterocycles. The maximum Gasteiger partial charge on any atom is 0.228 e. The molecule has 2 aliphatic heterocycles. The van der Waals surface area contributed by atoms with Crippen molar-refractivity contribution in [2.24, 2.45) is 5.92 Å². The smallest absolute Gasteiger partial charge is 0.228 e. The van der Waals surface area contributed by atoms with Crippen LogP contribution in [0.25, 0.3) is 0 Å². The molecule has 1 aromatic carbocycles. The zero-order chi connectivity index (χ0) is 13.9. The van der Waals surface area contributed by atoms with Crippen LogP contribution in [0.2, 0.25) is 0 Å². The third-order valence-corrected chi connectivity index (χ3v) is 4.11. The lowest BCUT2D eigenvalue weighted by molar-refractivity contribution is -0.138. The highest BCUT2D eigenvalue weighted by atomic mass is 16.5. The number of carbonyl (C=O) groups excluding carboxylic acids is 1. The Morgan fingerprint density at radius 3 is 2.95 bits per heavy atom. The number of amides is 1. The van der Waals surface area contributed by atoms with Gasteiger partial charge in [-0.2, -0.15) is 0 Å². The summed E-state index contributed by atoms with van der Waals surface area (Å²) in [7, 11) is 0. The van der Waals surface area contributed by atoms with Crippen LogP contribution < -0.4 is 10.1 Å². The molecule has 0 aromatic heterocycles. The molecule has 108 valence electrons. The minimum Gasteiger partial charge on any atom is -0.494 e. The Hall–Kier alpha value is -1.55. The Morgan fingerprint density at radius 1 is 1.40 bits per heavy atom. The molecular formula is C16H22N2O2. The summed E-state index contributed by atoms with van der Waals surface area (Å²) in [5.74, 6) is 1.46. The Kier molecular flexibility index (Phi) is 3.92. The number of nitrogens with zero attached hydrogens (tertiary/aromatic N) is 1. The molecule has 1 fully saturated rings. The quantitative estimate of drug-likeness (QED) is 0.906. The summed E-state index contributed by atoms with van der Waals surface area (Å²) in [4.78, 5) is 14.3. The van der Waals surface area contributed by atoms with Gasteiger partial charge in [0.25, 0.3) is 0 Å². The number of ether oxygens (including phenoxy) is 1. The maximum absolute atomic E-state index is 12.3. The fourth-order valence-corrected chi connectivity index (χ4v) is 2.75. The molecular weight excluding hydrogens is 252 g/mol. The van der Waals surface area contributed by atoms with Gasteiger partial charge >= 0.3 is 0 Å². The van der Waals surface area contributed by atoms with Crippen molar-refractivity contribution in [2.75, 3.05) is 26.2 Å². The minimum absolute atomic E-state index is 0.198. The van der Waals surface area contributed by atoms with E-state index in [1.807, 2.05) is 11.0 Å². The summed E-state index contributed by atoms with van der Waals surface area (Å²) in [6, 6.07) is 6.27. The Bertz CT molecular complexity index is 497. The van der Waals surface area contributed by atoms with Crippen molar-refractivity contribution in [1.29, 1.82) is 0 Å². The average Bonchev–Trinajstić information content (AvgIpc) is 2.42. The van der Waals surface area contributed by atoms with E-state index in [2.05, 4.69) is 24.4 Å². The van der Waals surface area contributed by atoms with E-state index in [0.29, 0.717) is 5.91 Å². The van der Waals surface area contributed by atoms with Gasteiger partial charge in [-0.25, -0.2) is 0 Å². The van der Waals surface area contributed by atoms with Gasteiger partial charge in [0.2, 0.25) is 5.91 Å². The van der Waals surface area contributed by atoms with Crippen LogP contribution in [-0.2, 0) is 17.8 Å². The van der Waals surface area contributed by atoms with Gasteiger partial charge < -0.3 is 15.0 Å². The molecule has 4 nitrogen and oxygen atoms in total. The summed E-state index contributed by atoms with van der Waals surface area (Å²) < 4.78 is 5.67. The van der Waals surface area contributed by atoms with Gasteiger partial charge in [0.1, 0.15) is 5.75 Å². The Labute approximate surface area is 120 Å². The molecule has 4 heteroatoms.